The van der Waals surface area contributed by atoms with Gasteiger partial charge in [-0.15, -0.1) is 0 Å². The van der Waals surface area contributed by atoms with Gasteiger partial charge in [-0.05, 0) is 0 Å². The summed E-state index contributed by atoms with van der Waals surface area (Å²) in [4.78, 5) is 18.5. The Kier molecular flexibility index (Phi) is 2.91. The molecule has 2 heterocycles. The van der Waals surface area contributed by atoms with Gasteiger partial charge in [0.2, 0.25) is 0 Å². The highest BCUT2D eigenvalue weighted by Gasteiger charge is 2.19. The Morgan fingerprint density at radius 2 is 2.67 bits per heavy atom. The molecule has 0 radical (unpaired) electrons. The number of carboxylic acid groups (broad SMARTS) is 1. The van der Waals surface area contributed by atoms with E-state index in [4.69, 9.17) is 5.11 Å². The van der Waals surface area contributed by atoms with Crippen LogP contribution in [0, 0.1) is 0 Å². The first-order valence-electron chi connectivity index (χ1n) is 4.40. The summed E-state index contributed by atoms with van der Waals surface area (Å²) in [5, 5.41) is 11.2. The molecular weight excluding hydrogens is 216 g/mol. The summed E-state index contributed by atoms with van der Waals surface area (Å²) in [5.74, 6) is 0.799. The van der Waals surface area contributed by atoms with Gasteiger partial charge in [-0.1, -0.05) is 11.8 Å². The average molecular weight is 226 g/mol. The minimum absolute atomic E-state index is 0.117. The van der Waals surface area contributed by atoms with Crippen LogP contribution in [0.1, 0.15) is 0 Å². The van der Waals surface area contributed by atoms with Gasteiger partial charge in [-0.3, -0.25) is 10.3 Å². The number of amidine groups is 1. The minimum atomic E-state index is -1.07. The van der Waals surface area contributed by atoms with E-state index in [-0.39, 0.29) is 6.04 Å². The lowest BCUT2D eigenvalue weighted by Crippen LogP contribution is -2.25. The second-order valence-electron chi connectivity index (χ2n) is 3.09. The molecule has 0 aliphatic carbocycles. The van der Waals surface area contributed by atoms with Gasteiger partial charge in [0.1, 0.15) is 0 Å². The van der Waals surface area contributed by atoms with Gasteiger partial charge in [0.15, 0.2) is 5.17 Å². The summed E-state index contributed by atoms with van der Waals surface area (Å²) in [5.41, 5.74) is 0. The van der Waals surface area contributed by atoms with Crippen molar-refractivity contribution in [3.8, 4) is 0 Å². The van der Waals surface area contributed by atoms with Crippen LogP contribution < -0.4 is 5.32 Å². The summed E-state index contributed by atoms with van der Waals surface area (Å²) in [6, 6.07) is 0.117. The molecule has 6 nitrogen and oxygen atoms in total. The van der Waals surface area contributed by atoms with E-state index in [9.17, 15) is 4.79 Å². The molecule has 2 rings (SSSR count). The smallest absolute Gasteiger partial charge is 0.410 e. The van der Waals surface area contributed by atoms with E-state index in [1.165, 1.54) is 11.8 Å². The summed E-state index contributed by atoms with van der Waals surface area (Å²) in [6.45, 7) is 0.734. The van der Waals surface area contributed by atoms with Gasteiger partial charge >= 0.3 is 6.09 Å². The highest BCUT2D eigenvalue weighted by molar-refractivity contribution is 8.14. The van der Waals surface area contributed by atoms with Crippen molar-refractivity contribution in [3.05, 3.63) is 18.7 Å². The number of amides is 1. The second kappa shape index (κ2) is 4.35. The third-order valence-electron chi connectivity index (χ3n) is 1.91. The molecule has 1 aromatic rings. The molecule has 7 heteroatoms. The third kappa shape index (κ3) is 2.72. The van der Waals surface area contributed by atoms with Gasteiger partial charge in [-0.2, -0.15) is 0 Å². The number of aromatic nitrogens is 2. The van der Waals surface area contributed by atoms with Gasteiger partial charge in [0.05, 0.1) is 12.4 Å². The lowest BCUT2D eigenvalue weighted by Gasteiger charge is -2.05. The van der Waals surface area contributed by atoms with E-state index >= 15 is 0 Å². The molecule has 1 aliphatic heterocycles. The Balaban J connectivity index is 1.91. The number of nitrogens with zero attached hydrogens (tertiary/aromatic N) is 3. The first kappa shape index (κ1) is 10.0. The number of hydrogen-bond donors (Lipinski definition) is 2. The van der Waals surface area contributed by atoms with Crippen molar-refractivity contribution < 1.29 is 9.90 Å². The molecular formula is C8H10N4O2S. The number of rotatable bonds is 2. The Bertz CT molecular complexity index is 376. The molecule has 1 atom stereocenters. The maximum atomic E-state index is 10.4. The summed E-state index contributed by atoms with van der Waals surface area (Å²) < 4.78 is 1.93. The van der Waals surface area contributed by atoms with Gasteiger partial charge in [0, 0.05) is 24.7 Å². The average Bonchev–Trinajstić information content (AvgIpc) is 2.77. The van der Waals surface area contributed by atoms with Crippen LogP contribution in [0.4, 0.5) is 4.79 Å². The number of carbonyl (C=O) groups is 1. The fourth-order valence-electron chi connectivity index (χ4n) is 1.31. The molecule has 1 aliphatic rings. The number of aliphatic imine (C=N–C) groups is 1. The quantitative estimate of drug-likeness (QED) is 0.774. The molecule has 0 saturated carbocycles. The molecule has 15 heavy (non-hydrogen) atoms. The Hall–Kier alpha value is -1.50. The highest BCUT2D eigenvalue weighted by Crippen LogP contribution is 2.17. The van der Waals surface area contributed by atoms with Crippen molar-refractivity contribution in [1.82, 2.24) is 14.9 Å². The fraction of sp³-hybridized carbons (Fsp3) is 0.375. The number of thioether (sulfide) groups is 1. The van der Waals surface area contributed by atoms with Crippen LogP contribution in [-0.2, 0) is 6.54 Å². The van der Waals surface area contributed by atoms with Crippen molar-refractivity contribution >= 4 is 23.0 Å². The number of imidazole rings is 1. The van der Waals surface area contributed by atoms with E-state index in [0.29, 0.717) is 5.17 Å². The largest absolute Gasteiger partial charge is 0.465 e. The van der Waals surface area contributed by atoms with Crippen LogP contribution >= 0.6 is 11.8 Å². The molecule has 0 saturated heterocycles. The molecule has 2 N–H and O–H groups in total. The van der Waals surface area contributed by atoms with E-state index < -0.39 is 6.09 Å². The van der Waals surface area contributed by atoms with Crippen molar-refractivity contribution in [3.63, 3.8) is 0 Å². The topological polar surface area (TPSA) is 79.5 Å². The van der Waals surface area contributed by atoms with E-state index in [1.54, 1.807) is 12.5 Å². The normalized spacial score (nSPS) is 20.0. The zero-order valence-corrected chi connectivity index (χ0v) is 8.65. The van der Waals surface area contributed by atoms with Gasteiger partial charge < -0.3 is 9.67 Å². The minimum Gasteiger partial charge on any atom is -0.465 e. The maximum Gasteiger partial charge on any atom is 0.410 e. The maximum absolute atomic E-state index is 10.4. The lowest BCUT2D eigenvalue weighted by atomic mass is 10.3. The summed E-state index contributed by atoms with van der Waals surface area (Å²) in [7, 11) is 0. The molecule has 0 aromatic carbocycles. The fourth-order valence-corrected chi connectivity index (χ4v) is 2.22. The number of nitrogens with one attached hydrogen (secondary N) is 1. The van der Waals surface area contributed by atoms with Crippen LogP contribution in [-0.4, -0.2) is 37.7 Å². The molecule has 0 fully saturated rings. The van der Waals surface area contributed by atoms with Crippen LogP contribution in [0.3, 0.4) is 0 Å². The van der Waals surface area contributed by atoms with Crippen LogP contribution in [0.2, 0.25) is 0 Å². The monoisotopic (exact) mass is 226 g/mol. The zero-order valence-electron chi connectivity index (χ0n) is 7.83. The molecule has 0 bridgehead atoms. The molecule has 1 aromatic heterocycles. The van der Waals surface area contributed by atoms with Gasteiger partial charge in [-0.25, -0.2) is 9.78 Å². The van der Waals surface area contributed by atoms with Crippen molar-refractivity contribution in [2.45, 2.75) is 12.6 Å². The number of hydrogen-bond acceptors (Lipinski definition) is 4. The summed E-state index contributed by atoms with van der Waals surface area (Å²) in [6.07, 6.45) is 4.23. The first-order valence-corrected chi connectivity index (χ1v) is 5.39. The van der Waals surface area contributed by atoms with E-state index in [0.717, 1.165) is 12.3 Å². The second-order valence-corrected chi connectivity index (χ2v) is 4.10. The third-order valence-corrected chi connectivity index (χ3v) is 2.94. The van der Waals surface area contributed by atoms with Crippen molar-refractivity contribution in [2.75, 3.05) is 5.75 Å². The van der Waals surface area contributed by atoms with Crippen LogP contribution in [0.5, 0.6) is 0 Å². The summed E-state index contributed by atoms with van der Waals surface area (Å²) >= 11 is 1.42. The zero-order chi connectivity index (χ0) is 10.7. The molecule has 0 spiro atoms. The van der Waals surface area contributed by atoms with Crippen LogP contribution in [0.25, 0.3) is 0 Å². The van der Waals surface area contributed by atoms with Gasteiger partial charge in [0.25, 0.3) is 0 Å². The SMILES string of the molecule is O=C(O)NC1=NC(Cn2ccnc2)CS1. The predicted molar refractivity (Wildman–Crippen MR) is 57.1 cm³/mol. The van der Waals surface area contributed by atoms with E-state index in [1.807, 2.05) is 10.8 Å². The predicted octanol–water partition coefficient (Wildman–Crippen LogP) is 0.622. The molecule has 1 amide bonds. The first-order chi connectivity index (χ1) is 7.24. The Labute approximate surface area is 90.4 Å². The standard InChI is InChI=1S/C8H10N4O2S/c13-8(14)11-7-10-6(4-15-7)3-12-2-1-9-5-12/h1-2,5-6H,3-4H2,(H,10,11)(H,13,14). The molecule has 1 unspecified atom stereocenters. The highest BCUT2D eigenvalue weighted by atomic mass is 32.2. The Morgan fingerprint density at radius 3 is 3.33 bits per heavy atom. The lowest BCUT2D eigenvalue weighted by molar-refractivity contribution is 0.200. The van der Waals surface area contributed by atoms with E-state index in [2.05, 4.69) is 15.3 Å². The van der Waals surface area contributed by atoms with Crippen LogP contribution in [0.15, 0.2) is 23.7 Å². The molecule has 80 valence electrons. The van der Waals surface area contributed by atoms with Crippen molar-refractivity contribution in [1.29, 1.82) is 0 Å². The van der Waals surface area contributed by atoms with Crippen molar-refractivity contribution in [2.24, 2.45) is 4.99 Å². The Morgan fingerprint density at radius 1 is 1.80 bits per heavy atom.